The first-order valence-corrected chi connectivity index (χ1v) is 9.41. The van der Waals surface area contributed by atoms with E-state index in [1.165, 1.54) is 11.8 Å². The molecule has 1 aromatic heterocycles. The zero-order chi connectivity index (χ0) is 18.7. The maximum Gasteiger partial charge on any atom is 0.237 e. The third-order valence-corrected chi connectivity index (χ3v) is 5.10. The fourth-order valence-electron chi connectivity index (χ4n) is 2.35. The van der Waals surface area contributed by atoms with E-state index in [0.29, 0.717) is 16.0 Å². The van der Waals surface area contributed by atoms with Gasteiger partial charge in [-0.15, -0.1) is 5.10 Å². The number of aromatic nitrogens is 3. The summed E-state index contributed by atoms with van der Waals surface area (Å²) in [7, 11) is 0. The maximum atomic E-state index is 12.5. The minimum atomic E-state index is -0.330. The zero-order valence-electron chi connectivity index (χ0n) is 14.7. The molecule has 5 nitrogen and oxygen atoms in total. The Hall–Kier alpha value is -2.31. The number of carbonyl (C=O) groups is 1. The molecular formula is C19H19ClN4OS. The summed E-state index contributed by atoms with van der Waals surface area (Å²) < 4.78 is 0. The van der Waals surface area contributed by atoms with Gasteiger partial charge >= 0.3 is 0 Å². The summed E-state index contributed by atoms with van der Waals surface area (Å²) in [5.74, 6) is 0.563. The van der Waals surface area contributed by atoms with Crippen LogP contribution in [0.1, 0.15) is 18.1 Å². The van der Waals surface area contributed by atoms with Crippen LogP contribution in [0, 0.1) is 13.8 Å². The minimum Gasteiger partial charge on any atom is -0.325 e. The van der Waals surface area contributed by atoms with Gasteiger partial charge in [-0.2, -0.15) is 0 Å². The summed E-state index contributed by atoms with van der Waals surface area (Å²) in [4.78, 5) is 16.9. The van der Waals surface area contributed by atoms with Crippen LogP contribution in [0.2, 0.25) is 5.02 Å². The number of benzene rings is 2. The Labute approximate surface area is 161 Å². The van der Waals surface area contributed by atoms with E-state index >= 15 is 0 Å². The van der Waals surface area contributed by atoms with Crippen LogP contribution < -0.4 is 5.32 Å². The Balaban J connectivity index is 1.66. The average Bonchev–Trinajstić information content (AvgIpc) is 3.07. The molecule has 26 heavy (non-hydrogen) atoms. The molecule has 0 bridgehead atoms. The highest BCUT2D eigenvalue weighted by Crippen LogP contribution is 2.25. The molecule has 1 amide bonds. The molecule has 0 fully saturated rings. The fourth-order valence-corrected chi connectivity index (χ4v) is 3.20. The maximum absolute atomic E-state index is 12.5. The highest BCUT2D eigenvalue weighted by Gasteiger charge is 2.18. The van der Waals surface area contributed by atoms with E-state index < -0.39 is 0 Å². The van der Waals surface area contributed by atoms with Crippen molar-refractivity contribution in [2.75, 3.05) is 5.32 Å². The lowest BCUT2D eigenvalue weighted by molar-refractivity contribution is -0.115. The van der Waals surface area contributed by atoms with Gasteiger partial charge in [-0.05, 0) is 62.2 Å². The van der Waals surface area contributed by atoms with Crippen LogP contribution in [0.4, 0.5) is 5.69 Å². The third kappa shape index (κ3) is 4.45. The molecular weight excluding hydrogens is 368 g/mol. The van der Waals surface area contributed by atoms with Gasteiger partial charge in [-0.3, -0.25) is 9.89 Å². The SMILES string of the molecule is Cc1ccc(C)c(NC(=O)C(C)Sc2n[nH]c(-c3ccc(Cl)cc3)n2)c1. The lowest BCUT2D eigenvalue weighted by Gasteiger charge is -2.12. The van der Waals surface area contributed by atoms with E-state index in [1.54, 1.807) is 12.1 Å². The second kappa shape index (κ2) is 7.93. The molecule has 0 radical (unpaired) electrons. The molecule has 134 valence electrons. The van der Waals surface area contributed by atoms with E-state index in [2.05, 4.69) is 20.5 Å². The topological polar surface area (TPSA) is 70.7 Å². The van der Waals surface area contributed by atoms with Gasteiger partial charge in [-0.1, -0.05) is 35.5 Å². The number of H-pyrrole nitrogens is 1. The van der Waals surface area contributed by atoms with Gasteiger partial charge in [0.1, 0.15) is 0 Å². The van der Waals surface area contributed by atoms with Crippen molar-refractivity contribution in [2.24, 2.45) is 0 Å². The van der Waals surface area contributed by atoms with Crippen LogP contribution in [0.15, 0.2) is 47.6 Å². The number of rotatable bonds is 5. The minimum absolute atomic E-state index is 0.0819. The van der Waals surface area contributed by atoms with Crippen molar-refractivity contribution in [1.29, 1.82) is 0 Å². The second-order valence-electron chi connectivity index (χ2n) is 6.04. The van der Waals surface area contributed by atoms with Gasteiger partial charge in [0.15, 0.2) is 5.82 Å². The van der Waals surface area contributed by atoms with Crippen LogP contribution in [-0.4, -0.2) is 26.3 Å². The Kier molecular flexibility index (Phi) is 5.64. The number of thioether (sulfide) groups is 1. The summed E-state index contributed by atoms with van der Waals surface area (Å²) in [5.41, 5.74) is 3.86. The van der Waals surface area contributed by atoms with Crippen molar-refractivity contribution in [3.63, 3.8) is 0 Å². The van der Waals surface area contributed by atoms with Crippen molar-refractivity contribution in [2.45, 2.75) is 31.2 Å². The first-order chi connectivity index (χ1) is 12.4. The number of halogens is 1. The Morgan fingerprint density at radius 3 is 2.65 bits per heavy atom. The molecule has 1 atom stereocenters. The van der Waals surface area contributed by atoms with Gasteiger partial charge in [0, 0.05) is 16.3 Å². The van der Waals surface area contributed by atoms with Crippen molar-refractivity contribution in [1.82, 2.24) is 15.2 Å². The van der Waals surface area contributed by atoms with E-state index in [9.17, 15) is 4.79 Å². The number of carbonyl (C=O) groups excluding carboxylic acids is 1. The molecule has 7 heteroatoms. The molecule has 0 saturated carbocycles. The monoisotopic (exact) mass is 386 g/mol. The summed E-state index contributed by atoms with van der Waals surface area (Å²) in [5, 5.41) is 10.9. The fraction of sp³-hybridized carbons (Fsp3) is 0.211. The molecule has 0 saturated heterocycles. The number of nitrogens with one attached hydrogen (secondary N) is 2. The van der Waals surface area contributed by atoms with Crippen LogP contribution >= 0.6 is 23.4 Å². The molecule has 2 N–H and O–H groups in total. The smallest absolute Gasteiger partial charge is 0.237 e. The van der Waals surface area contributed by atoms with Gasteiger partial charge in [-0.25, -0.2) is 4.98 Å². The standard InChI is InChI=1S/C19H19ClN4OS/c1-11-4-5-12(2)16(10-11)21-18(25)13(3)26-19-22-17(23-24-19)14-6-8-15(20)9-7-14/h4-10,13H,1-3H3,(H,21,25)(H,22,23,24). The Morgan fingerprint density at radius 1 is 1.19 bits per heavy atom. The van der Waals surface area contributed by atoms with Crippen molar-refractivity contribution in [3.05, 3.63) is 58.6 Å². The Bertz CT molecular complexity index is 924. The normalized spacial score (nSPS) is 12.0. The van der Waals surface area contributed by atoms with E-state index in [-0.39, 0.29) is 11.2 Å². The van der Waals surface area contributed by atoms with E-state index in [4.69, 9.17) is 11.6 Å². The third-order valence-electron chi connectivity index (χ3n) is 3.88. The van der Waals surface area contributed by atoms with Crippen molar-refractivity contribution >= 4 is 35.0 Å². The van der Waals surface area contributed by atoms with Gasteiger partial charge < -0.3 is 5.32 Å². The number of hydrogen-bond acceptors (Lipinski definition) is 4. The molecule has 1 unspecified atom stereocenters. The van der Waals surface area contributed by atoms with Crippen molar-refractivity contribution < 1.29 is 4.79 Å². The lowest BCUT2D eigenvalue weighted by Crippen LogP contribution is -2.23. The predicted octanol–water partition coefficient (Wildman–Crippen LogP) is 4.86. The van der Waals surface area contributed by atoms with Gasteiger partial charge in [0.05, 0.1) is 5.25 Å². The molecule has 2 aromatic carbocycles. The molecule has 0 aliphatic heterocycles. The summed E-state index contributed by atoms with van der Waals surface area (Å²) >= 11 is 7.21. The molecule has 3 rings (SSSR count). The summed E-state index contributed by atoms with van der Waals surface area (Å²) in [6.07, 6.45) is 0. The summed E-state index contributed by atoms with van der Waals surface area (Å²) in [6.45, 7) is 5.81. The number of nitrogens with zero attached hydrogens (tertiary/aromatic N) is 2. The van der Waals surface area contributed by atoms with E-state index in [1.807, 2.05) is 51.1 Å². The predicted molar refractivity (Wildman–Crippen MR) is 107 cm³/mol. The molecule has 1 heterocycles. The highest BCUT2D eigenvalue weighted by atomic mass is 35.5. The van der Waals surface area contributed by atoms with Crippen LogP contribution in [0.5, 0.6) is 0 Å². The molecule has 3 aromatic rings. The highest BCUT2D eigenvalue weighted by molar-refractivity contribution is 8.00. The number of anilines is 1. The second-order valence-corrected chi connectivity index (χ2v) is 7.79. The first kappa shape index (κ1) is 18.5. The number of amides is 1. The van der Waals surface area contributed by atoms with Crippen LogP contribution in [0.3, 0.4) is 0 Å². The van der Waals surface area contributed by atoms with Gasteiger partial charge in [0.2, 0.25) is 11.1 Å². The largest absolute Gasteiger partial charge is 0.325 e. The quantitative estimate of drug-likeness (QED) is 0.614. The van der Waals surface area contributed by atoms with Gasteiger partial charge in [0.25, 0.3) is 0 Å². The number of aryl methyl sites for hydroxylation is 2. The summed E-state index contributed by atoms with van der Waals surface area (Å²) in [6, 6.07) is 13.3. The van der Waals surface area contributed by atoms with Crippen LogP contribution in [0.25, 0.3) is 11.4 Å². The Morgan fingerprint density at radius 2 is 1.92 bits per heavy atom. The molecule has 0 spiro atoms. The number of hydrogen-bond donors (Lipinski definition) is 2. The van der Waals surface area contributed by atoms with E-state index in [0.717, 1.165) is 22.4 Å². The van der Waals surface area contributed by atoms with Crippen LogP contribution in [-0.2, 0) is 4.79 Å². The first-order valence-electron chi connectivity index (χ1n) is 8.15. The molecule has 0 aliphatic rings. The molecule has 0 aliphatic carbocycles. The van der Waals surface area contributed by atoms with Crippen molar-refractivity contribution in [3.8, 4) is 11.4 Å². The lowest BCUT2D eigenvalue weighted by atomic mass is 10.1. The zero-order valence-corrected chi connectivity index (χ0v) is 16.3. The number of aromatic amines is 1. The average molecular weight is 387 g/mol.